The molecule has 0 spiro atoms. The Labute approximate surface area is 195 Å². The highest BCUT2D eigenvalue weighted by atomic mass is 32.2. The molecule has 0 unspecified atom stereocenters. The lowest BCUT2D eigenvalue weighted by Gasteiger charge is -2.20. The van der Waals surface area contributed by atoms with Crippen LogP contribution < -0.4 is 19.9 Å². The van der Waals surface area contributed by atoms with Crippen molar-refractivity contribution < 1.29 is 35.9 Å². The van der Waals surface area contributed by atoms with Gasteiger partial charge in [0, 0.05) is 5.56 Å². The molecule has 0 aromatic heterocycles. The van der Waals surface area contributed by atoms with Crippen LogP contribution in [-0.2, 0) is 21.2 Å². The predicted octanol–water partition coefficient (Wildman–Crippen LogP) is 3.15. The molecule has 2 rings (SSSR count). The Morgan fingerprint density at radius 2 is 1.82 bits per heavy atom. The molecule has 0 aliphatic rings. The van der Waals surface area contributed by atoms with E-state index >= 15 is 0 Å². The molecule has 0 radical (unpaired) electrons. The van der Waals surface area contributed by atoms with Crippen LogP contribution in [0.4, 0.5) is 13.2 Å². The van der Waals surface area contributed by atoms with E-state index in [9.17, 15) is 26.4 Å². The van der Waals surface area contributed by atoms with Gasteiger partial charge in [-0.3, -0.25) is 5.41 Å². The van der Waals surface area contributed by atoms with Crippen LogP contribution in [0.25, 0.3) is 0 Å². The fourth-order valence-corrected chi connectivity index (χ4v) is 4.32. The van der Waals surface area contributed by atoms with Crippen molar-refractivity contribution in [1.82, 2.24) is 4.72 Å². The maximum absolute atomic E-state index is 12.4. The standard InChI is InChI=1S/C22H26F3N3O5S/c1-2-3-11-34(30,31)28-17(14-32-19-6-4-5-16(13-19)20(26)27)12-15-7-9-18(10-8-15)33-21(29)22(23,24)25/h4-10,13,17,28H,2-3,11-12,14H2,1H3,(H3,26,27)/t17-/m1/s1. The zero-order valence-electron chi connectivity index (χ0n) is 18.4. The van der Waals surface area contributed by atoms with Gasteiger partial charge in [0.2, 0.25) is 10.0 Å². The highest BCUT2D eigenvalue weighted by molar-refractivity contribution is 7.89. The van der Waals surface area contributed by atoms with E-state index < -0.39 is 28.2 Å². The molecule has 4 N–H and O–H groups in total. The number of ether oxygens (including phenoxy) is 2. The Hall–Kier alpha value is -3.12. The van der Waals surface area contributed by atoms with E-state index in [-0.39, 0.29) is 30.4 Å². The third kappa shape index (κ3) is 9.02. The molecular formula is C22H26F3N3O5S. The van der Waals surface area contributed by atoms with Gasteiger partial charge in [-0.1, -0.05) is 37.6 Å². The molecule has 0 saturated heterocycles. The van der Waals surface area contributed by atoms with Crippen LogP contribution >= 0.6 is 0 Å². The van der Waals surface area contributed by atoms with Gasteiger partial charge in [0.15, 0.2) is 0 Å². The van der Waals surface area contributed by atoms with Crippen molar-refractivity contribution in [1.29, 1.82) is 5.41 Å². The number of nitrogen functional groups attached to an aromatic ring is 1. The predicted molar refractivity (Wildman–Crippen MR) is 120 cm³/mol. The van der Waals surface area contributed by atoms with Crippen molar-refractivity contribution in [2.75, 3.05) is 12.4 Å². The molecule has 0 fully saturated rings. The van der Waals surface area contributed by atoms with Gasteiger partial charge < -0.3 is 15.2 Å². The summed E-state index contributed by atoms with van der Waals surface area (Å²) in [6.07, 6.45) is -3.79. The van der Waals surface area contributed by atoms with Crippen molar-refractivity contribution in [2.45, 2.75) is 38.4 Å². The Bertz CT molecular complexity index is 1090. The number of nitrogens with one attached hydrogen (secondary N) is 2. The van der Waals surface area contributed by atoms with E-state index in [4.69, 9.17) is 15.9 Å². The van der Waals surface area contributed by atoms with Crippen LogP contribution in [0.15, 0.2) is 48.5 Å². The van der Waals surface area contributed by atoms with Crippen LogP contribution in [-0.4, -0.2) is 44.8 Å². The number of benzene rings is 2. The molecular weight excluding hydrogens is 475 g/mol. The van der Waals surface area contributed by atoms with Crippen molar-refractivity contribution >= 4 is 21.8 Å². The lowest BCUT2D eigenvalue weighted by atomic mass is 10.1. The van der Waals surface area contributed by atoms with Gasteiger partial charge in [-0.25, -0.2) is 17.9 Å². The van der Waals surface area contributed by atoms with Crippen LogP contribution in [0.1, 0.15) is 30.9 Å². The number of carbonyl (C=O) groups excluding carboxylic acids is 1. The molecule has 1 atom stereocenters. The van der Waals surface area contributed by atoms with Gasteiger partial charge in [0.05, 0.1) is 11.8 Å². The first kappa shape index (κ1) is 27.1. The summed E-state index contributed by atoms with van der Waals surface area (Å²) in [7, 11) is -3.61. The molecule has 2 aromatic carbocycles. The van der Waals surface area contributed by atoms with Crippen LogP contribution in [0.2, 0.25) is 0 Å². The molecule has 0 bridgehead atoms. The Balaban J connectivity index is 2.13. The van der Waals surface area contributed by atoms with E-state index in [2.05, 4.69) is 9.46 Å². The number of halogens is 3. The zero-order valence-corrected chi connectivity index (χ0v) is 19.2. The first-order valence-corrected chi connectivity index (χ1v) is 12.0. The molecule has 0 heterocycles. The van der Waals surface area contributed by atoms with Crippen LogP contribution in [0.5, 0.6) is 11.5 Å². The minimum Gasteiger partial charge on any atom is -0.492 e. The van der Waals surface area contributed by atoms with E-state index in [1.807, 2.05) is 6.92 Å². The summed E-state index contributed by atoms with van der Waals surface area (Å²) in [6.45, 7) is 1.81. The highest BCUT2D eigenvalue weighted by Gasteiger charge is 2.41. The maximum atomic E-state index is 12.4. The van der Waals surface area contributed by atoms with Gasteiger partial charge in [-0.15, -0.1) is 0 Å². The Morgan fingerprint density at radius 3 is 2.41 bits per heavy atom. The smallest absolute Gasteiger partial charge is 0.491 e. The van der Waals surface area contributed by atoms with Crippen molar-refractivity contribution in [2.24, 2.45) is 5.73 Å². The number of esters is 1. The maximum Gasteiger partial charge on any atom is 0.491 e. The van der Waals surface area contributed by atoms with Gasteiger partial charge >= 0.3 is 12.1 Å². The molecule has 12 heteroatoms. The quantitative estimate of drug-likeness (QED) is 0.177. The lowest BCUT2D eigenvalue weighted by molar-refractivity contribution is -0.189. The summed E-state index contributed by atoms with van der Waals surface area (Å²) in [5.74, 6) is -2.44. The normalized spacial score (nSPS) is 12.7. The fourth-order valence-electron chi connectivity index (χ4n) is 2.88. The molecule has 186 valence electrons. The Morgan fingerprint density at radius 1 is 1.15 bits per heavy atom. The lowest BCUT2D eigenvalue weighted by Crippen LogP contribution is -2.41. The third-order valence-corrected chi connectivity index (χ3v) is 6.08. The topological polar surface area (TPSA) is 132 Å². The second-order valence-corrected chi connectivity index (χ2v) is 9.35. The number of alkyl halides is 3. The summed E-state index contributed by atoms with van der Waals surface area (Å²) in [5.41, 5.74) is 6.50. The van der Waals surface area contributed by atoms with Crippen LogP contribution in [0, 0.1) is 5.41 Å². The average molecular weight is 502 g/mol. The summed E-state index contributed by atoms with van der Waals surface area (Å²) >= 11 is 0. The van der Waals surface area contributed by atoms with E-state index in [0.717, 1.165) is 0 Å². The molecule has 0 aliphatic heterocycles. The molecule has 0 amide bonds. The van der Waals surface area contributed by atoms with Crippen molar-refractivity contribution in [3.05, 3.63) is 59.7 Å². The highest BCUT2D eigenvalue weighted by Crippen LogP contribution is 2.21. The Kier molecular flexibility index (Phi) is 9.45. The summed E-state index contributed by atoms with van der Waals surface area (Å²) in [5, 5.41) is 7.51. The van der Waals surface area contributed by atoms with Crippen molar-refractivity contribution in [3.63, 3.8) is 0 Å². The fraction of sp³-hybridized carbons (Fsp3) is 0.364. The van der Waals surface area contributed by atoms with Gasteiger partial charge in [0.1, 0.15) is 23.9 Å². The largest absolute Gasteiger partial charge is 0.492 e. The van der Waals surface area contributed by atoms with Crippen molar-refractivity contribution in [3.8, 4) is 11.5 Å². The van der Waals surface area contributed by atoms with E-state index in [1.165, 1.54) is 24.3 Å². The number of hydrogen-bond acceptors (Lipinski definition) is 6. The molecule has 2 aromatic rings. The summed E-state index contributed by atoms with van der Waals surface area (Å²) in [4.78, 5) is 11.0. The van der Waals surface area contributed by atoms with Gasteiger partial charge in [-0.05, 0) is 42.7 Å². The summed E-state index contributed by atoms with van der Waals surface area (Å²) in [6, 6.07) is 11.0. The number of sulfonamides is 1. The van der Waals surface area contributed by atoms with Gasteiger partial charge in [0.25, 0.3) is 0 Å². The number of hydrogen-bond donors (Lipinski definition) is 3. The monoisotopic (exact) mass is 501 g/mol. The summed E-state index contributed by atoms with van der Waals surface area (Å²) < 4.78 is 74.5. The second-order valence-electron chi connectivity index (χ2n) is 7.48. The number of carbonyl (C=O) groups is 1. The SMILES string of the molecule is CCCCS(=O)(=O)N[C@@H](COc1cccc(C(=N)N)c1)Cc1ccc(OC(=O)C(F)(F)F)cc1. The van der Waals surface area contributed by atoms with E-state index in [0.29, 0.717) is 29.7 Å². The molecule has 0 aliphatic carbocycles. The minimum atomic E-state index is -5.11. The number of rotatable bonds is 12. The molecule has 8 nitrogen and oxygen atoms in total. The first-order chi connectivity index (χ1) is 15.9. The average Bonchev–Trinajstić information content (AvgIpc) is 2.76. The third-order valence-electron chi connectivity index (χ3n) is 4.56. The minimum absolute atomic E-state index is 0.0580. The molecule has 0 saturated carbocycles. The molecule has 34 heavy (non-hydrogen) atoms. The number of amidine groups is 1. The zero-order chi connectivity index (χ0) is 25.4. The van der Waals surface area contributed by atoms with Crippen LogP contribution in [0.3, 0.4) is 0 Å². The number of unbranched alkanes of at least 4 members (excludes halogenated alkanes) is 1. The number of nitrogens with two attached hydrogens (primary N) is 1. The van der Waals surface area contributed by atoms with Gasteiger partial charge in [-0.2, -0.15) is 13.2 Å². The second kappa shape index (κ2) is 11.8. The first-order valence-electron chi connectivity index (χ1n) is 10.3. The van der Waals surface area contributed by atoms with E-state index in [1.54, 1.807) is 24.3 Å².